The highest BCUT2D eigenvalue weighted by molar-refractivity contribution is 6.42. The third kappa shape index (κ3) is 4.11. The number of carboxylic acid groups (broad SMARTS) is 1. The molecule has 0 aliphatic heterocycles. The Morgan fingerprint density at radius 3 is 2.38 bits per heavy atom. The summed E-state index contributed by atoms with van der Waals surface area (Å²) in [5.41, 5.74) is 0.312. The summed E-state index contributed by atoms with van der Waals surface area (Å²) in [6.45, 7) is 0. The molecule has 4 nitrogen and oxygen atoms in total. The van der Waals surface area contributed by atoms with E-state index in [1.807, 2.05) is 0 Å². The maximum atomic E-state index is 12.2. The molecular formula is C15H17Cl2NO3. The van der Waals surface area contributed by atoms with Crippen LogP contribution in [0.15, 0.2) is 18.2 Å². The summed E-state index contributed by atoms with van der Waals surface area (Å²) in [4.78, 5) is 23.6. The van der Waals surface area contributed by atoms with Crippen molar-refractivity contribution in [1.29, 1.82) is 0 Å². The van der Waals surface area contributed by atoms with Crippen molar-refractivity contribution in [1.82, 2.24) is 5.32 Å². The number of nitrogens with one attached hydrogen (secondary N) is 1. The van der Waals surface area contributed by atoms with Crippen LogP contribution in [0.1, 0.15) is 42.5 Å². The van der Waals surface area contributed by atoms with Crippen LogP contribution in [0.4, 0.5) is 0 Å². The molecule has 0 spiro atoms. The number of hydrogen-bond donors (Lipinski definition) is 2. The Kier molecular flexibility index (Phi) is 5.48. The Morgan fingerprint density at radius 2 is 1.81 bits per heavy atom. The Hall–Kier alpha value is -1.26. The highest BCUT2D eigenvalue weighted by atomic mass is 35.5. The molecule has 1 aliphatic carbocycles. The maximum absolute atomic E-state index is 12.2. The predicted octanol–water partition coefficient (Wildman–Crippen LogP) is 3.76. The lowest BCUT2D eigenvalue weighted by Crippen LogP contribution is -2.46. The molecule has 1 atom stereocenters. The number of carbonyl (C=O) groups excluding carboxylic acids is 1. The van der Waals surface area contributed by atoms with E-state index in [1.165, 1.54) is 18.2 Å². The van der Waals surface area contributed by atoms with E-state index in [2.05, 4.69) is 5.32 Å². The van der Waals surface area contributed by atoms with Crippen molar-refractivity contribution in [3.8, 4) is 0 Å². The van der Waals surface area contributed by atoms with Crippen molar-refractivity contribution in [3.05, 3.63) is 33.8 Å². The molecule has 0 bridgehead atoms. The third-order valence-electron chi connectivity index (χ3n) is 3.86. The molecule has 2 rings (SSSR count). The highest BCUT2D eigenvalue weighted by Crippen LogP contribution is 2.27. The zero-order valence-electron chi connectivity index (χ0n) is 11.4. The molecule has 1 fully saturated rings. The molecule has 0 heterocycles. The Labute approximate surface area is 133 Å². The second-order valence-electron chi connectivity index (χ2n) is 5.32. The number of hydrogen-bond acceptors (Lipinski definition) is 2. The first-order valence-electron chi connectivity index (χ1n) is 6.98. The molecular weight excluding hydrogens is 313 g/mol. The van der Waals surface area contributed by atoms with Crippen LogP contribution in [0.3, 0.4) is 0 Å². The fourth-order valence-electron chi connectivity index (χ4n) is 2.71. The molecule has 114 valence electrons. The van der Waals surface area contributed by atoms with E-state index in [4.69, 9.17) is 23.2 Å². The van der Waals surface area contributed by atoms with Gasteiger partial charge in [-0.3, -0.25) is 4.79 Å². The highest BCUT2D eigenvalue weighted by Gasteiger charge is 2.30. The normalized spacial score (nSPS) is 17.2. The third-order valence-corrected chi connectivity index (χ3v) is 4.59. The van der Waals surface area contributed by atoms with Gasteiger partial charge >= 0.3 is 5.97 Å². The molecule has 1 saturated carbocycles. The standard InChI is InChI=1S/C15H17Cl2NO3/c16-11-7-6-10(8-12(11)17)14(19)18-13(15(20)21)9-4-2-1-3-5-9/h6-9,13H,1-5H2,(H,18,19)(H,20,21). The summed E-state index contributed by atoms with van der Waals surface area (Å²) in [6.07, 6.45) is 4.81. The van der Waals surface area contributed by atoms with Gasteiger partial charge in [0.1, 0.15) is 6.04 Å². The minimum absolute atomic E-state index is 0.0111. The van der Waals surface area contributed by atoms with Crippen molar-refractivity contribution < 1.29 is 14.7 Å². The summed E-state index contributed by atoms with van der Waals surface area (Å²) in [6, 6.07) is 3.64. The number of benzene rings is 1. The fraction of sp³-hybridized carbons (Fsp3) is 0.467. The first-order valence-corrected chi connectivity index (χ1v) is 7.73. The smallest absolute Gasteiger partial charge is 0.326 e. The summed E-state index contributed by atoms with van der Waals surface area (Å²) < 4.78 is 0. The van der Waals surface area contributed by atoms with Crippen molar-refractivity contribution in [2.75, 3.05) is 0 Å². The molecule has 0 radical (unpaired) electrons. The number of carbonyl (C=O) groups is 2. The van der Waals surface area contributed by atoms with Gasteiger partial charge in [0, 0.05) is 5.56 Å². The number of halogens is 2. The Bertz CT molecular complexity index is 542. The average molecular weight is 330 g/mol. The van der Waals surface area contributed by atoms with Crippen LogP contribution in [0.2, 0.25) is 10.0 Å². The van der Waals surface area contributed by atoms with Crippen molar-refractivity contribution >= 4 is 35.1 Å². The van der Waals surface area contributed by atoms with Gasteiger partial charge in [0.25, 0.3) is 5.91 Å². The minimum atomic E-state index is -0.990. The molecule has 1 aliphatic rings. The molecule has 6 heteroatoms. The van der Waals surface area contributed by atoms with E-state index in [0.29, 0.717) is 10.6 Å². The van der Waals surface area contributed by atoms with Crippen LogP contribution in [0, 0.1) is 5.92 Å². The number of rotatable bonds is 4. The molecule has 1 aromatic carbocycles. The predicted molar refractivity (Wildman–Crippen MR) is 81.9 cm³/mol. The molecule has 21 heavy (non-hydrogen) atoms. The topological polar surface area (TPSA) is 66.4 Å². The number of carboxylic acids is 1. The van der Waals surface area contributed by atoms with Crippen LogP contribution >= 0.6 is 23.2 Å². The minimum Gasteiger partial charge on any atom is -0.480 e. The van der Waals surface area contributed by atoms with Gasteiger partial charge in [0.05, 0.1) is 10.0 Å². The molecule has 1 unspecified atom stereocenters. The van der Waals surface area contributed by atoms with E-state index < -0.39 is 17.9 Å². The molecule has 0 saturated heterocycles. The van der Waals surface area contributed by atoms with Gasteiger partial charge in [-0.2, -0.15) is 0 Å². The Balaban J connectivity index is 2.10. The van der Waals surface area contributed by atoms with Crippen LogP contribution in [-0.2, 0) is 4.79 Å². The SMILES string of the molecule is O=C(NC(C(=O)O)C1CCCCC1)c1ccc(Cl)c(Cl)c1. The summed E-state index contributed by atoms with van der Waals surface area (Å²) in [5.74, 6) is -1.44. The lowest BCUT2D eigenvalue weighted by Gasteiger charge is -2.28. The van der Waals surface area contributed by atoms with Crippen molar-refractivity contribution in [2.45, 2.75) is 38.1 Å². The lowest BCUT2D eigenvalue weighted by atomic mass is 9.84. The van der Waals surface area contributed by atoms with E-state index >= 15 is 0 Å². The molecule has 2 N–H and O–H groups in total. The molecule has 1 aromatic rings. The van der Waals surface area contributed by atoms with Gasteiger partial charge < -0.3 is 10.4 Å². The van der Waals surface area contributed by atoms with E-state index in [1.54, 1.807) is 0 Å². The zero-order chi connectivity index (χ0) is 15.4. The van der Waals surface area contributed by atoms with Gasteiger partial charge in [0.2, 0.25) is 0 Å². The maximum Gasteiger partial charge on any atom is 0.326 e. The summed E-state index contributed by atoms with van der Waals surface area (Å²) in [5, 5.41) is 12.6. The largest absolute Gasteiger partial charge is 0.480 e. The second kappa shape index (κ2) is 7.14. The van der Waals surface area contributed by atoms with Crippen LogP contribution in [0.25, 0.3) is 0 Å². The van der Waals surface area contributed by atoms with Gasteiger partial charge in [-0.1, -0.05) is 42.5 Å². The Morgan fingerprint density at radius 1 is 1.14 bits per heavy atom. The van der Waals surface area contributed by atoms with Gasteiger partial charge in [0.15, 0.2) is 0 Å². The van der Waals surface area contributed by atoms with Gasteiger partial charge in [-0.25, -0.2) is 4.79 Å². The average Bonchev–Trinajstić information content (AvgIpc) is 2.48. The quantitative estimate of drug-likeness (QED) is 0.883. The monoisotopic (exact) mass is 329 g/mol. The van der Waals surface area contributed by atoms with E-state index in [9.17, 15) is 14.7 Å². The van der Waals surface area contributed by atoms with E-state index in [-0.39, 0.29) is 10.9 Å². The van der Waals surface area contributed by atoms with Crippen LogP contribution in [0.5, 0.6) is 0 Å². The summed E-state index contributed by atoms with van der Waals surface area (Å²) in [7, 11) is 0. The lowest BCUT2D eigenvalue weighted by molar-refractivity contribution is -0.141. The van der Waals surface area contributed by atoms with Crippen molar-refractivity contribution in [3.63, 3.8) is 0 Å². The van der Waals surface area contributed by atoms with Crippen LogP contribution < -0.4 is 5.32 Å². The van der Waals surface area contributed by atoms with Gasteiger partial charge in [-0.15, -0.1) is 0 Å². The number of amides is 1. The fourth-order valence-corrected chi connectivity index (χ4v) is 3.01. The first-order chi connectivity index (χ1) is 9.99. The second-order valence-corrected chi connectivity index (χ2v) is 6.13. The van der Waals surface area contributed by atoms with E-state index in [0.717, 1.165) is 32.1 Å². The van der Waals surface area contributed by atoms with Crippen LogP contribution in [-0.4, -0.2) is 23.0 Å². The van der Waals surface area contributed by atoms with Gasteiger partial charge in [-0.05, 0) is 37.0 Å². The number of aliphatic carboxylic acids is 1. The zero-order valence-corrected chi connectivity index (χ0v) is 13.0. The molecule has 1 amide bonds. The molecule has 0 aromatic heterocycles. The van der Waals surface area contributed by atoms with Crippen molar-refractivity contribution in [2.24, 2.45) is 5.92 Å². The summed E-state index contributed by atoms with van der Waals surface area (Å²) >= 11 is 11.7. The first kappa shape index (κ1) is 16.1.